The molecule has 0 atom stereocenters. The number of halogens is 2. The summed E-state index contributed by atoms with van der Waals surface area (Å²) in [5, 5.41) is 8.16. The fourth-order valence-electron chi connectivity index (χ4n) is 1.89. The van der Waals surface area contributed by atoms with Crippen molar-refractivity contribution in [3.05, 3.63) is 69.5 Å². The monoisotopic (exact) mass is 392 g/mol. The number of aromatic nitrogens is 2. The Labute approximate surface area is 145 Å². The molecular formula is C16H10BrClN2O3. The van der Waals surface area contributed by atoms with Crippen molar-refractivity contribution in [3.8, 4) is 11.5 Å². The minimum atomic E-state index is -0.545. The lowest BCUT2D eigenvalue weighted by Gasteiger charge is -2.03. The van der Waals surface area contributed by atoms with E-state index in [1.807, 2.05) is 24.3 Å². The van der Waals surface area contributed by atoms with E-state index in [1.165, 1.54) is 0 Å². The molecular weight excluding hydrogens is 384 g/mol. The van der Waals surface area contributed by atoms with Crippen LogP contribution >= 0.6 is 27.5 Å². The molecule has 0 radical (unpaired) electrons. The molecule has 5 nitrogen and oxygen atoms in total. The van der Waals surface area contributed by atoms with Gasteiger partial charge in [-0.05, 0) is 40.2 Å². The molecule has 0 saturated heterocycles. The summed E-state index contributed by atoms with van der Waals surface area (Å²) in [5.41, 5.74) is 1.06. The van der Waals surface area contributed by atoms with Gasteiger partial charge in [-0.15, -0.1) is 10.2 Å². The van der Waals surface area contributed by atoms with E-state index in [-0.39, 0.29) is 12.5 Å². The van der Waals surface area contributed by atoms with E-state index in [0.717, 1.165) is 10.0 Å². The quantitative estimate of drug-likeness (QED) is 0.610. The molecule has 0 spiro atoms. The van der Waals surface area contributed by atoms with Crippen molar-refractivity contribution >= 4 is 33.5 Å². The Kier molecular flexibility index (Phi) is 4.73. The second-order valence-electron chi connectivity index (χ2n) is 4.54. The topological polar surface area (TPSA) is 65.2 Å². The van der Waals surface area contributed by atoms with Gasteiger partial charge < -0.3 is 9.15 Å². The van der Waals surface area contributed by atoms with E-state index >= 15 is 0 Å². The Morgan fingerprint density at radius 3 is 2.65 bits per heavy atom. The van der Waals surface area contributed by atoms with Crippen LogP contribution in [-0.2, 0) is 11.3 Å². The first-order valence-electron chi connectivity index (χ1n) is 6.64. The van der Waals surface area contributed by atoms with Gasteiger partial charge in [0.05, 0.1) is 16.1 Å². The first kappa shape index (κ1) is 15.7. The van der Waals surface area contributed by atoms with Crippen molar-refractivity contribution in [2.45, 2.75) is 6.61 Å². The molecule has 0 bridgehead atoms. The highest BCUT2D eigenvalue weighted by atomic mass is 79.9. The first-order valence-corrected chi connectivity index (χ1v) is 7.81. The Balaban J connectivity index is 1.70. The highest BCUT2D eigenvalue weighted by molar-refractivity contribution is 9.10. The van der Waals surface area contributed by atoms with Crippen molar-refractivity contribution in [2.24, 2.45) is 0 Å². The van der Waals surface area contributed by atoms with Crippen LogP contribution in [-0.4, -0.2) is 16.2 Å². The molecule has 1 heterocycles. The lowest BCUT2D eigenvalue weighted by molar-refractivity contribution is 0.0439. The number of carbonyl (C=O) groups is 1. The smallest absolute Gasteiger partial charge is 0.340 e. The van der Waals surface area contributed by atoms with E-state index in [1.54, 1.807) is 24.3 Å². The molecule has 0 aliphatic carbocycles. The molecule has 3 rings (SSSR count). The third-order valence-corrected chi connectivity index (χ3v) is 4.01. The molecule has 0 N–H and O–H groups in total. The summed E-state index contributed by atoms with van der Waals surface area (Å²) >= 11 is 9.36. The summed E-state index contributed by atoms with van der Waals surface area (Å²) in [6.45, 7) is -0.124. The highest BCUT2D eigenvalue weighted by Gasteiger charge is 2.15. The number of esters is 1. The number of rotatable bonds is 4. The second kappa shape index (κ2) is 6.93. The largest absolute Gasteiger partial charge is 0.452 e. The average Bonchev–Trinajstić information content (AvgIpc) is 3.02. The van der Waals surface area contributed by atoms with Crippen LogP contribution < -0.4 is 0 Å². The van der Waals surface area contributed by atoms with Gasteiger partial charge in [0, 0.05) is 4.47 Å². The third-order valence-electron chi connectivity index (χ3n) is 2.99. The number of benzene rings is 2. The predicted molar refractivity (Wildman–Crippen MR) is 88.0 cm³/mol. The summed E-state index contributed by atoms with van der Waals surface area (Å²) < 4.78 is 11.5. The Bertz CT molecular complexity index is 851. The van der Waals surface area contributed by atoms with Gasteiger partial charge in [0.2, 0.25) is 5.89 Å². The fourth-order valence-corrected chi connectivity index (χ4v) is 2.55. The lowest BCUT2D eigenvalue weighted by atomic mass is 10.2. The van der Waals surface area contributed by atoms with Crippen molar-refractivity contribution < 1.29 is 13.9 Å². The second-order valence-corrected chi connectivity index (χ2v) is 5.80. The van der Waals surface area contributed by atoms with Crippen molar-refractivity contribution in [3.63, 3.8) is 0 Å². The summed E-state index contributed by atoms with van der Waals surface area (Å²) in [7, 11) is 0. The van der Waals surface area contributed by atoms with Gasteiger partial charge >= 0.3 is 5.97 Å². The summed E-state index contributed by atoms with van der Waals surface area (Å²) in [6, 6.07) is 14.1. The fraction of sp³-hybridized carbons (Fsp3) is 0.0625. The Morgan fingerprint density at radius 1 is 1.13 bits per heavy atom. The summed E-state index contributed by atoms with van der Waals surface area (Å²) in [4.78, 5) is 12.0. The van der Waals surface area contributed by atoms with Crippen molar-refractivity contribution in [2.75, 3.05) is 0 Å². The molecule has 0 fully saturated rings. The van der Waals surface area contributed by atoms with E-state index in [2.05, 4.69) is 26.1 Å². The van der Waals surface area contributed by atoms with Crippen LogP contribution in [0, 0.1) is 0 Å². The number of hydrogen-bond acceptors (Lipinski definition) is 5. The van der Waals surface area contributed by atoms with Crippen LogP contribution in [0.15, 0.2) is 57.4 Å². The molecule has 0 saturated carbocycles. The predicted octanol–water partition coefficient (Wildman–Crippen LogP) is 4.51. The van der Waals surface area contributed by atoms with Crippen LogP contribution in [0.5, 0.6) is 0 Å². The number of hydrogen-bond donors (Lipinski definition) is 0. The molecule has 0 aliphatic rings. The molecule has 0 unspecified atom stereocenters. The minimum Gasteiger partial charge on any atom is -0.452 e. The number of carbonyl (C=O) groups excluding carboxylic acids is 1. The maximum atomic E-state index is 12.0. The van der Waals surface area contributed by atoms with Gasteiger partial charge in [-0.1, -0.05) is 35.9 Å². The zero-order valence-electron chi connectivity index (χ0n) is 11.7. The normalized spacial score (nSPS) is 10.5. The molecule has 2 aromatic carbocycles. The zero-order chi connectivity index (χ0) is 16.2. The number of nitrogens with zero attached hydrogens (tertiary/aromatic N) is 2. The van der Waals surface area contributed by atoms with Crippen LogP contribution in [0.25, 0.3) is 11.5 Å². The van der Waals surface area contributed by atoms with Crippen LogP contribution in [0.2, 0.25) is 5.02 Å². The molecule has 0 aliphatic heterocycles. The standard InChI is InChI=1S/C16H10BrClN2O3/c17-12-7-3-1-5-10(12)15-20-19-14(23-15)9-22-16(21)11-6-2-4-8-13(11)18/h1-8H,9H2. The first-order chi connectivity index (χ1) is 11.1. The maximum absolute atomic E-state index is 12.0. The Hall–Kier alpha value is -2.18. The van der Waals surface area contributed by atoms with Gasteiger partial charge in [0.25, 0.3) is 5.89 Å². The maximum Gasteiger partial charge on any atom is 0.340 e. The third kappa shape index (κ3) is 3.60. The Morgan fingerprint density at radius 2 is 1.87 bits per heavy atom. The van der Waals surface area contributed by atoms with Gasteiger partial charge in [-0.25, -0.2) is 4.79 Å². The SMILES string of the molecule is O=C(OCc1nnc(-c2ccccc2Br)o1)c1ccccc1Cl. The van der Waals surface area contributed by atoms with Crippen molar-refractivity contribution in [1.82, 2.24) is 10.2 Å². The van der Waals surface area contributed by atoms with E-state index in [9.17, 15) is 4.79 Å². The molecule has 0 amide bonds. The molecule has 23 heavy (non-hydrogen) atoms. The lowest BCUT2D eigenvalue weighted by Crippen LogP contribution is -2.06. The van der Waals surface area contributed by atoms with Gasteiger partial charge in [0.1, 0.15) is 0 Å². The van der Waals surface area contributed by atoms with Crippen LogP contribution in [0.1, 0.15) is 16.2 Å². The van der Waals surface area contributed by atoms with Gasteiger partial charge in [-0.2, -0.15) is 0 Å². The number of ether oxygens (including phenoxy) is 1. The molecule has 1 aromatic heterocycles. The van der Waals surface area contributed by atoms with E-state index in [4.69, 9.17) is 20.8 Å². The minimum absolute atomic E-state index is 0.124. The molecule has 116 valence electrons. The average molecular weight is 394 g/mol. The van der Waals surface area contributed by atoms with Crippen molar-refractivity contribution in [1.29, 1.82) is 0 Å². The van der Waals surface area contributed by atoms with Crippen LogP contribution in [0.4, 0.5) is 0 Å². The summed E-state index contributed by atoms with van der Waals surface area (Å²) in [5.74, 6) is 0.00802. The molecule has 3 aromatic rings. The van der Waals surface area contributed by atoms with Crippen LogP contribution in [0.3, 0.4) is 0 Å². The van der Waals surface area contributed by atoms with Gasteiger partial charge in [-0.3, -0.25) is 0 Å². The van der Waals surface area contributed by atoms with E-state index < -0.39 is 5.97 Å². The highest BCUT2D eigenvalue weighted by Crippen LogP contribution is 2.26. The van der Waals surface area contributed by atoms with E-state index in [0.29, 0.717) is 16.5 Å². The van der Waals surface area contributed by atoms with Gasteiger partial charge in [0.15, 0.2) is 6.61 Å². The molecule has 7 heteroatoms. The zero-order valence-corrected chi connectivity index (χ0v) is 14.0. The summed E-state index contributed by atoms with van der Waals surface area (Å²) in [6.07, 6.45) is 0.